The van der Waals surface area contributed by atoms with Crippen molar-refractivity contribution in [2.75, 3.05) is 6.54 Å². The molecule has 0 aliphatic carbocycles. The van der Waals surface area contributed by atoms with Crippen molar-refractivity contribution in [2.24, 2.45) is 5.16 Å². The van der Waals surface area contributed by atoms with Crippen LogP contribution in [0, 0.1) is 12.7 Å². The fourth-order valence-corrected chi connectivity index (χ4v) is 3.43. The van der Waals surface area contributed by atoms with Gasteiger partial charge >= 0.3 is 0 Å². The van der Waals surface area contributed by atoms with Gasteiger partial charge in [0, 0.05) is 24.1 Å². The summed E-state index contributed by atoms with van der Waals surface area (Å²) in [7, 11) is 0. The van der Waals surface area contributed by atoms with Gasteiger partial charge in [-0.05, 0) is 31.0 Å². The lowest BCUT2D eigenvalue weighted by atomic mass is 10.0. The highest BCUT2D eigenvalue weighted by atomic mass is 32.1. The summed E-state index contributed by atoms with van der Waals surface area (Å²) < 4.78 is 12.9. The highest BCUT2D eigenvalue weighted by Crippen LogP contribution is 2.16. The minimum atomic E-state index is -0.248. The predicted octanol–water partition coefficient (Wildman–Crippen LogP) is 3.03. The number of carbonyl (C=O) groups excluding carboxylic acids is 1. The fourth-order valence-electron chi connectivity index (χ4n) is 2.65. The molecular weight excluding hydrogens is 341 g/mol. The van der Waals surface area contributed by atoms with Crippen LogP contribution in [0.1, 0.15) is 29.0 Å². The summed E-state index contributed by atoms with van der Waals surface area (Å²) in [5, 5.41) is 6.97. The average Bonchev–Trinajstić information content (AvgIpc) is 3.22. The Morgan fingerprint density at radius 3 is 2.92 bits per heavy atom. The molecule has 1 N–H and O–H groups in total. The predicted molar refractivity (Wildman–Crippen MR) is 95.2 cm³/mol. The van der Waals surface area contributed by atoms with E-state index in [4.69, 9.17) is 4.84 Å². The Bertz CT molecular complexity index is 758. The molecule has 0 radical (unpaired) electrons. The number of aromatic nitrogens is 1. The molecule has 7 heteroatoms. The Balaban J connectivity index is 1.36. The van der Waals surface area contributed by atoms with Crippen molar-refractivity contribution >= 4 is 23.0 Å². The number of nitrogens with one attached hydrogen (secondary N) is 1. The third-order valence-electron chi connectivity index (χ3n) is 4.07. The molecule has 5 nitrogen and oxygen atoms in total. The third kappa shape index (κ3) is 5.09. The van der Waals surface area contributed by atoms with Crippen LogP contribution in [0.25, 0.3) is 0 Å². The summed E-state index contributed by atoms with van der Waals surface area (Å²) >= 11 is 1.58. The van der Waals surface area contributed by atoms with Crippen LogP contribution >= 0.6 is 11.3 Å². The van der Waals surface area contributed by atoms with E-state index < -0.39 is 0 Å². The van der Waals surface area contributed by atoms with Crippen LogP contribution in [-0.2, 0) is 22.5 Å². The second kappa shape index (κ2) is 8.20. The first-order valence-electron chi connectivity index (χ1n) is 8.22. The summed E-state index contributed by atoms with van der Waals surface area (Å²) in [6.07, 6.45) is 2.32. The van der Waals surface area contributed by atoms with Crippen molar-refractivity contribution < 1.29 is 14.0 Å². The molecule has 0 saturated carbocycles. The number of nitrogens with zero attached hydrogens (tertiary/aromatic N) is 2. The number of halogens is 1. The van der Waals surface area contributed by atoms with Gasteiger partial charge in [0.1, 0.15) is 11.9 Å². The maximum atomic E-state index is 12.9. The zero-order valence-corrected chi connectivity index (χ0v) is 14.8. The number of benzene rings is 1. The Labute approximate surface area is 149 Å². The fraction of sp³-hybridized carbons (Fsp3) is 0.389. The van der Waals surface area contributed by atoms with E-state index in [0.717, 1.165) is 21.8 Å². The maximum absolute atomic E-state index is 12.9. The molecule has 1 aliphatic rings. The summed E-state index contributed by atoms with van der Waals surface area (Å²) in [5.74, 6) is -0.245. The van der Waals surface area contributed by atoms with Crippen molar-refractivity contribution in [3.05, 3.63) is 51.7 Å². The normalized spacial score (nSPS) is 16.4. The Morgan fingerprint density at radius 1 is 1.40 bits per heavy atom. The van der Waals surface area contributed by atoms with Crippen molar-refractivity contribution in [1.82, 2.24) is 10.3 Å². The zero-order chi connectivity index (χ0) is 17.6. The summed E-state index contributed by atoms with van der Waals surface area (Å²) in [5.41, 5.74) is 4.70. The van der Waals surface area contributed by atoms with Crippen molar-refractivity contribution in [2.45, 2.75) is 38.7 Å². The van der Waals surface area contributed by atoms with Crippen molar-refractivity contribution in [3.8, 4) is 0 Å². The average molecular weight is 361 g/mol. The van der Waals surface area contributed by atoms with E-state index in [1.54, 1.807) is 29.0 Å². The smallest absolute Gasteiger partial charge is 0.220 e. The molecule has 132 valence electrons. The molecule has 1 atom stereocenters. The lowest BCUT2D eigenvalue weighted by molar-refractivity contribution is -0.121. The molecule has 0 bridgehead atoms. The van der Waals surface area contributed by atoms with Crippen LogP contribution in [0.2, 0.25) is 0 Å². The number of thiazole rings is 1. The second-order valence-corrected chi connectivity index (χ2v) is 7.00. The number of aryl methyl sites for hydroxylation is 2. The van der Waals surface area contributed by atoms with E-state index in [-0.39, 0.29) is 17.8 Å². The van der Waals surface area contributed by atoms with Crippen LogP contribution in [0.3, 0.4) is 0 Å². The molecule has 1 aromatic heterocycles. The highest BCUT2D eigenvalue weighted by molar-refractivity contribution is 7.09. The molecule has 2 aromatic rings. The van der Waals surface area contributed by atoms with Gasteiger partial charge in [-0.3, -0.25) is 4.79 Å². The molecule has 0 spiro atoms. The first kappa shape index (κ1) is 17.5. The van der Waals surface area contributed by atoms with Gasteiger partial charge in [-0.2, -0.15) is 0 Å². The second-order valence-electron chi connectivity index (χ2n) is 6.06. The Morgan fingerprint density at radius 2 is 2.20 bits per heavy atom. The molecular formula is C18H20FN3O2S. The van der Waals surface area contributed by atoms with Gasteiger partial charge in [0.15, 0.2) is 0 Å². The molecule has 0 saturated heterocycles. The van der Waals surface area contributed by atoms with Gasteiger partial charge in [0.2, 0.25) is 5.91 Å². The topological polar surface area (TPSA) is 63.6 Å². The number of hydrogen-bond acceptors (Lipinski definition) is 5. The van der Waals surface area contributed by atoms with Gasteiger partial charge in [-0.25, -0.2) is 9.37 Å². The minimum absolute atomic E-state index is 0.00313. The molecule has 2 heterocycles. The molecule has 3 rings (SSSR count). The number of rotatable bonds is 7. The third-order valence-corrected chi connectivity index (χ3v) is 5.06. The zero-order valence-electron chi connectivity index (χ0n) is 14.0. The highest BCUT2D eigenvalue weighted by Gasteiger charge is 2.21. The van der Waals surface area contributed by atoms with E-state index in [1.165, 1.54) is 12.1 Å². The maximum Gasteiger partial charge on any atom is 0.220 e. The summed E-state index contributed by atoms with van der Waals surface area (Å²) in [6, 6.07) is 6.37. The van der Waals surface area contributed by atoms with Crippen LogP contribution in [0.15, 0.2) is 34.9 Å². The molecule has 1 amide bonds. The number of oxime groups is 1. The van der Waals surface area contributed by atoms with Gasteiger partial charge in [-0.15, -0.1) is 11.3 Å². The first-order valence-corrected chi connectivity index (χ1v) is 9.10. The van der Waals surface area contributed by atoms with Crippen LogP contribution in [0.4, 0.5) is 4.39 Å². The van der Waals surface area contributed by atoms with E-state index in [1.807, 2.05) is 6.92 Å². The minimum Gasteiger partial charge on any atom is -0.390 e. The standard InChI is InChI=1S/C18H20FN3O2S/c1-12-17(25-11-21-12)6-7-18(23)20-10-16-9-15(22-24-16)8-13-2-4-14(19)5-3-13/h2-5,11,16H,6-10H2,1H3,(H,20,23). The monoisotopic (exact) mass is 361 g/mol. The lowest BCUT2D eigenvalue weighted by Gasteiger charge is -2.09. The van der Waals surface area contributed by atoms with E-state index in [9.17, 15) is 9.18 Å². The summed E-state index contributed by atoms with van der Waals surface area (Å²) in [6.45, 7) is 2.40. The van der Waals surface area contributed by atoms with Crippen LogP contribution in [0.5, 0.6) is 0 Å². The van der Waals surface area contributed by atoms with E-state index in [2.05, 4.69) is 15.5 Å². The SMILES string of the molecule is Cc1ncsc1CCC(=O)NCC1CC(Cc2ccc(F)cc2)=NO1. The Kier molecular flexibility index (Phi) is 5.75. The van der Waals surface area contributed by atoms with Crippen molar-refractivity contribution in [1.29, 1.82) is 0 Å². The van der Waals surface area contributed by atoms with E-state index in [0.29, 0.717) is 32.2 Å². The molecule has 1 unspecified atom stereocenters. The van der Waals surface area contributed by atoms with Gasteiger partial charge in [0.05, 0.1) is 23.5 Å². The van der Waals surface area contributed by atoms with Crippen LogP contribution in [-0.4, -0.2) is 29.3 Å². The molecule has 1 aliphatic heterocycles. The molecule has 25 heavy (non-hydrogen) atoms. The quantitative estimate of drug-likeness (QED) is 0.824. The number of carbonyl (C=O) groups is 1. The lowest BCUT2D eigenvalue weighted by Crippen LogP contribution is -2.32. The van der Waals surface area contributed by atoms with E-state index >= 15 is 0 Å². The number of amides is 1. The largest absolute Gasteiger partial charge is 0.390 e. The Hall–Kier alpha value is -2.28. The van der Waals surface area contributed by atoms with Gasteiger partial charge < -0.3 is 10.2 Å². The molecule has 0 fully saturated rings. The van der Waals surface area contributed by atoms with Crippen LogP contribution < -0.4 is 5.32 Å². The van der Waals surface area contributed by atoms with Gasteiger partial charge in [-0.1, -0.05) is 17.3 Å². The molecule has 1 aromatic carbocycles. The van der Waals surface area contributed by atoms with Crippen molar-refractivity contribution in [3.63, 3.8) is 0 Å². The van der Waals surface area contributed by atoms with Gasteiger partial charge in [0.25, 0.3) is 0 Å². The summed E-state index contributed by atoms with van der Waals surface area (Å²) in [4.78, 5) is 22.7. The first-order chi connectivity index (χ1) is 12.1. The number of hydrogen-bond donors (Lipinski definition) is 1.